The highest BCUT2D eigenvalue weighted by Crippen LogP contribution is 2.25. The Balaban J connectivity index is 2.76. The quantitative estimate of drug-likeness (QED) is 0.727. The van der Waals surface area contributed by atoms with E-state index in [4.69, 9.17) is 10.5 Å². The van der Waals surface area contributed by atoms with Crippen molar-refractivity contribution in [2.75, 3.05) is 13.7 Å². The Morgan fingerprint density at radius 1 is 1.20 bits per heavy atom. The molecule has 2 N–H and O–H groups in total. The van der Waals surface area contributed by atoms with Crippen LogP contribution >= 0.6 is 0 Å². The Kier molecular flexibility index (Phi) is 5.19. The summed E-state index contributed by atoms with van der Waals surface area (Å²) in [5.41, 5.74) is 8.09. The van der Waals surface area contributed by atoms with E-state index in [1.54, 1.807) is 7.11 Å². The number of hydrogen-bond acceptors (Lipinski definition) is 2. The SMILES string of the molecule is CCc1cccc(CCCCN)c1OC. The zero-order valence-corrected chi connectivity index (χ0v) is 9.75. The topological polar surface area (TPSA) is 35.2 Å². The van der Waals surface area contributed by atoms with Crippen molar-refractivity contribution < 1.29 is 4.74 Å². The molecule has 0 atom stereocenters. The summed E-state index contributed by atoms with van der Waals surface area (Å²) in [6, 6.07) is 6.39. The molecule has 0 unspecified atom stereocenters. The van der Waals surface area contributed by atoms with Crippen LogP contribution in [-0.4, -0.2) is 13.7 Å². The molecule has 0 saturated carbocycles. The van der Waals surface area contributed by atoms with E-state index < -0.39 is 0 Å². The standard InChI is InChI=1S/C13H21NO/c1-3-11-8-6-9-12(13(11)15-2)7-4-5-10-14/h6,8-9H,3-5,7,10,14H2,1-2H3. The fraction of sp³-hybridized carbons (Fsp3) is 0.538. The largest absolute Gasteiger partial charge is 0.496 e. The molecule has 0 bridgehead atoms. The van der Waals surface area contributed by atoms with Gasteiger partial charge in [0.05, 0.1) is 7.11 Å². The third-order valence-corrected chi connectivity index (χ3v) is 2.66. The minimum Gasteiger partial charge on any atom is -0.496 e. The summed E-state index contributed by atoms with van der Waals surface area (Å²) in [4.78, 5) is 0. The normalized spacial score (nSPS) is 10.3. The molecule has 15 heavy (non-hydrogen) atoms. The van der Waals surface area contributed by atoms with E-state index in [-0.39, 0.29) is 0 Å². The number of methoxy groups -OCH3 is 1. The monoisotopic (exact) mass is 207 g/mol. The van der Waals surface area contributed by atoms with Gasteiger partial charge in [-0.05, 0) is 43.4 Å². The fourth-order valence-electron chi connectivity index (χ4n) is 1.84. The van der Waals surface area contributed by atoms with Crippen molar-refractivity contribution >= 4 is 0 Å². The maximum atomic E-state index is 5.49. The Hall–Kier alpha value is -1.02. The van der Waals surface area contributed by atoms with Crippen molar-refractivity contribution in [2.24, 2.45) is 5.73 Å². The summed E-state index contributed by atoms with van der Waals surface area (Å²) in [5, 5.41) is 0. The molecular weight excluding hydrogens is 186 g/mol. The van der Waals surface area contributed by atoms with Gasteiger partial charge < -0.3 is 10.5 Å². The first-order chi connectivity index (χ1) is 7.33. The minimum atomic E-state index is 0.774. The molecule has 2 nitrogen and oxygen atoms in total. The van der Waals surface area contributed by atoms with E-state index in [9.17, 15) is 0 Å². The van der Waals surface area contributed by atoms with Gasteiger partial charge in [0.1, 0.15) is 5.75 Å². The second-order valence-electron chi connectivity index (χ2n) is 3.71. The van der Waals surface area contributed by atoms with Crippen LogP contribution in [0.2, 0.25) is 0 Å². The molecule has 0 spiro atoms. The molecule has 1 aromatic rings. The highest BCUT2D eigenvalue weighted by atomic mass is 16.5. The molecule has 0 radical (unpaired) electrons. The van der Waals surface area contributed by atoms with Crippen LogP contribution in [0.5, 0.6) is 5.75 Å². The Bertz CT molecular complexity index is 297. The Morgan fingerprint density at radius 3 is 2.53 bits per heavy atom. The van der Waals surface area contributed by atoms with E-state index in [1.807, 2.05) is 0 Å². The number of benzene rings is 1. The van der Waals surface area contributed by atoms with E-state index in [0.717, 1.165) is 38.0 Å². The Morgan fingerprint density at radius 2 is 1.93 bits per heavy atom. The van der Waals surface area contributed by atoms with Crippen LogP contribution in [0.1, 0.15) is 30.9 Å². The van der Waals surface area contributed by atoms with Gasteiger partial charge in [0.2, 0.25) is 0 Å². The van der Waals surface area contributed by atoms with Gasteiger partial charge in [0.15, 0.2) is 0 Å². The smallest absolute Gasteiger partial charge is 0.125 e. The molecular formula is C13H21NO. The van der Waals surface area contributed by atoms with Gasteiger partial charge in [-0.1, -0.05) is 25.1 Å². The highest BCUT2D eigenvalue weighted by molar-refractivity contribution is 5.41. The van der Waals surface area contributed by atoms with Crippen molar-refractivity contribution in [3.05, 3.63) is 29.3 Å². The predicted molar refractivity (Wildman–Crippen MR) is 64.4 cm³/mol. The van der Waals surface area contributed by atoms with Gasteiger partial charge in [-0.3, -0.25) is 0 Å². The number of ether oxygens (including phenoxy) is 1. The summed E-state index contributed by atoms with van der Waals surface area (Å²) < 4.78 is 5.47. The number of nitrogens with two attached hydrogens (primary N) is 1. The minimum absolute atomic E-state index is 0.774. The lowest BCUT2D eigenvalue weighted by Crippen LogP contribution is -2.01. The van der Waals surface area contributed by atoms with Gasteiger partial charge in [0, 0.05) is 0 Å². The van der Waals surface area contributed by atoms with E-state index >= 15 is 0 Å². The van der Waals surface area contributed by atoms with Crippen LogP contribution in [0, 0.1) is 0 Å². The molecule has 0 aliphatic rings. The lowest BCUT2D eigenvalue weighted by molar-refractivity contribution is 0.404. The van der Waals surface area contributed by atoms with Crippen LogP contribution in [0.3, 0.4) is 0 Å². The van der Waals surface area contributed by atoms with Crippen LogP contribution < -0.4 is 10.5 Å². The van der Waals surface area contributed by atoms with Crippen molar-refractivity contribution in [1.29, 1.82) is 0 Å². The van der Waals surface area contributed by atoms with Gasteiger partial charge in [-0.15, -0.1) is 0 Å². The summed E-state index contributed by atoms with van der Waals surface area (Å²) >= 11 is 0. The van der Waals surface area contributed by atoms with Crippen molar-refractivity contribution in [3.63, 3.8) is 0 Å². The molecule has 0 amide bonds. The number of rotatable bonds is 6. The zero-order valence-electron chi connectivity index (χ0n) is 9.75. The summed E-state index contributed by atoms with van der Waals surface area (Å²) in [6.07, 6.45) is 4.31. The molecule has 0 fully saturated rings. The Labute approximate surface area is 92.4 Å². The second-order valence-corrected chi connectivity index (χ2v) is 3.71. The maximum Gasteiger partial charge on any atom is 0.125 e. The average molecular weight is 207 g/mol. The molecule has 0 aromatic heterocycles. The van der Waals surface area contributed by atoms with Crippen LogP contribution in [0.15, 0.2) is 18.2 Å². The maximum absolute atomic E-state index is 5.49. The molecule has 1 rings (SSSR count). The van der Waals surface area contributed by atoms with Crippen molar-refractivity contribution in [3.8, 4) is 5.75 Å². The van der Waals surface area contributed by atoms with Gasteiger partial charge in [-0.25, -0.2) is 0 Å². The molecule has 0 aliphatic carbocycles. The van der Waals surface area contributed by atoms with Crippen LogP contribution in [0.25, 0.3) is 0 Å². The summed E-state index contributed by atoms with van der Waals surface area (Å²) in [5.74, 6) is 1.07. The summed E-state index contributed by atoms with van der Waals surface area (Å²) in [6.45, 7) is 2.93. The van der Waals surface area contributed by atoms with Crippen molar-refractivity contribution in [1.82, 2.24) is 0 Å². The lowest BCUT2D eigenvalue weighted by Gasteiger charge is -2.12. The van der Waals surface area contributed by atoms with Crippen LogP contribution in [0.4, 0.5) is 0 Å². The first-order valence-corrected chi connectivity index (χ1v) is 5.68. The molecule has 0 aliphatic heterocycles. The predicted octanol–water partition coefficient (Wildman–Crippen LogP) is 2.54. The van der Waals surface area contributed by atoms with Crippen LogP contribution in [-0.2, 0) is 12.8 Å². The van der Waals surface area contributed by atoms with Gasteiger partial charge in [-0.2, -0.15) is 0 Å². The molecule has 0 heterocycles. The van der Waals surface area contributed by atoms with E-state index in [1.165, 1.54) is 11.1 Å². The zero-order chi connectivity index (χ0) is 11.1. The van der Waals surface area contributed by atoms with Crippen molar-refractivity contribution in [2.45, 2.75) is 32.6 Å². The van der Waals surface area contributed by atoms with Gasteiger partial charge in [0.25, 0.3) is 0 Å². The number of unbranched alkanes of at least 4 members (excludes halogenated alkanes) is 1. The average Bonchev–Trinajstić information content (AvgIpc) is 2.29. The van der Waals surface area contributed by atoms with Gasteiger partial charge >= 0.3 is 0 Å². The number of aryl methyl sites for hydroxylation is 2. The first kappa shape index (κ1) is 12.1. The summed E-state index contributed by atoms with van der Waals surface area (Å²) in [7, 11) is 1.75. The number of para-hydroxylation sites is 1. The van der Waals surface area contributed by atoms with E-state index in [2.05, 4.69) is 25.1 Å². The number of hydrogen-bond donors (Lipinski definition) is 1. The molecule has 0 saturated heterocycles. The van der Waals surface area contributed by atoms with E-state index in [0.29, 0.717) is 0 Å². The molecule has 84 valence electrons. The third kappa shape index (κ3) is 3.24. The molecule has 2 heteroatoms. The first-order valence-electron chi connectivity index (χ1n) is 5.68. The lowest BCUT2D eigenvalue weighted by atomic mass is 10.0. The third-order valence-electron chi connectivity index (χ3n) is 2.66. The molecule has 1 aromatic carbocycles. The highest BCUT2D eigenvalue weighted by Gasteiger charge is 2.06. The fourth-order valence-corrected chi connectivity index (χ4v) is 1.84. The second kappa shape index (κ2) is 6.46.